The van der Waals surface area contributed by atoms with Crippen molar-refractivity contribution >= 4 is 5.91 Å². The molecule has 0 radical (unpaired) electrons. The maximum atomic E-state index is 13.1. The van der Waals surface area contributed by atoms with Crippen molar-refractivity contribution in [2.45, 2.75) is 25.3 Å². The van der Waals surface area contributed by atoms with Gasteiger partial charge in [-0.15, -0.1) is 0 Å². The zero-order chi connectivity index (χ0) is 14.7. The molecule has 108 valence electrons. The van der Waals surface area contributed by atoms with Crippen molar-refractivity contribution in [3.63, 3.8) is 0 Å². The summed E-state index contributed by atoms with van der Waals surface area (Å²) in [5.74, 6) is -0.253. The molecule has 0 spiro atoms. The van der Waals surface area contributed by atoms with Crippen LogP contribution in [0, 0.1) is 5.82 Å². The SMILES string of the molecule is O=C(c1cccnc1)N1CCCCC1c1ccc(F)cc1. The number of aromatic nitrogens is 1. The monoisotopic (exact) mass is 284 g/mol. The summed E-state index contributed by atoms with van der Waals surface area (Å²) in [7, 11) is 0. The minimum Gasteiger partial charge on any atom is -0.332 e. The third-order valence-electron chi connectivity index (χ3n) is 3.93. The first-order valence-electron chi connectivity index (χ1n) is 7.22. The van der Waals surface area contributed by atoms with Crippen molar-refractivity contribution in [2.75, 3.05) is 6.54 Å². The third kappa shape index (κ3) is 2.94. The number of rotatable bonds is 2. The Morgan fingerprint density at radius 2 is 2.00 bits per heavy atom. The van der Waals surface area contributed by atoms with Crippen molar-refractivity contribution in [1.29, 1.82) is 0 Å². The van der Waals surface area contributed by atoms with E-state index >= 15 is 0 Å². The zero-order valence-electron chi connectivity index (χ0n) is 11.7. The van der Waals surface area contributed by atoms with Crippen LogP contribution >= 0.6 is 0 Å². The third-order valence-corrected chi connectivity index (χ3v) is 3.93. The Kier molecular flexibility index (Phi) is 3.95. The molecule has 0 bridgehead atoms. The number of likely N-dealkylation sites (tertiary alicyclic amines) is 1. The van der Waals surface area contributed by atoms with E-state index in [1.54, 1.807) is 36.7 Å². The van der Waals surface area contributed by atoms with Gasteiger partial charge >= 0.3 is 0 Å². The Morgan fingerprint density at radius 1 is 1.19 bits per heavy atom. The second-order valence-electron chi connectivity index (χ2n) is 5.30. The normalized spacial score (nSPS) is 18.5. The number of nitrogens with zero attached hydrogens (tertiary/aromatic N) is 2. The van der Waals surface area contributed by atoms with Gasteiger partial charge in [-0.1, -0.05) is 12.1 Å². The molecule has 1 unspecified atom stereocenters. The van der Waals surface area contributed by atoms with Crippen LogP contribution in [0.15, 0.2) is 48.8 Å². The van der Waals surface area contributed by atoms with Crippen LogP contribution in [0.3, 0.4) is 0 Å². The van der Waals surface area contributed by atoms with Crippen LogP contribution in [0.5, 0.6) is 0 Å². The highest BCUT2D eigenvalue weighted by Crippen LogP contribution is 2.32. The van der Waals surface area contributed by atoms with Gasteiger partial charge in [0.15, 0.2) is 0 Å². The van der Waals surface area contributed by atoms with E-state index in [1.165, 1.54) is 12.1 Å². The van der Waals surface area contributed by atoms with Crippen molar-refractivity contribution < 1.29 is 9.18 Å². The molecule has 2 aromatic rings. The van der Waals surface area contributed by atoms with Crippen LogP contribution < -0.4 is 0 Å². The first-order valence-corrected chi connectivity index (χ1v) is 7.22. The van der Waals surface area contributed by atoms with Crippen molar-refractivity contribution in [1.82, 2.24) is 9.88 Å². The molecule has 2 heterocycles. The van der Waals surface area contributed by atoms with Gasteiger partial charge in [-0.25, -0.2) is 4.39 Å². The lowest BCUT2D eigenvalue weighted by Gasteiger charge is -2.36. The van der Waals surface area contributed by atoms with Gasteiger partial charge in [-0.2, -0.15) is 0 Å². The number of amides is 1. The Hall–Kier alpha value is -2.23. The smallest absolute Gasteiger partial charge is 0.255 e. The van der Waals surface area contributed by atoms with E-state index in [9.17, 15) is 9.18 Å². The highest BCUT2D eigenvalue weighted by molar-refractivity contribution is 5.94. The average Bonchev–Trinajstić information content (AvgIpc) is 2.56. The van der Waals surface area contributed by atoms with Crippen LogP contribution in [0.2, 0.25) is 0 Å². The molecule has 1 amide bonds. The van der Waals surface area contributed by atoms with E-state index in [4.69, 9.17) is 0 Å². The summed E-state index contributed by atoms with van der Waals surface area (Å²) in [5, 5.41) is 0. The summed E-state index contributed by atoms with van der Waals surface area (Å²) < 4.78 is 13.1. The maximum Gasteiger partial charge on any atom is 0.255 e. The standard InChI is InChI=1S/C17H17FN2O/c18-15-8-6-13(7-9-15)16-5-1-2-11-20(16)17(21)14-4-3-10-19-12-14/h3-4,6-10,12,16H,1-2,5,11H2. The first-order chi connectivity index (χ1) is 10.3. The molecule has 0 N–H and O–H groups in total. The molecule has 4 heteroatoms. The summed E-state index contributed by atoms with van der Waals surface area (Å²) in [6, 6.07) is 10.0. The molecule has 0 saturated carbocycles. The van der Waals surface area contributed by atoms with Gasteiger partial charge in [-0.3, -0.25) is 9.78 Å². The quantitative estimate of drug-likeness (QED) is 0.844. The molecule has 1 aromatic heterocycles. The zero-order valence-corrected chi connectivity index (χ0v) is 11.7. The molecule has 1 aromatic carbocycles. The van der Waals surface area contributed by atoms with Crippen molar-refractivity contribution in [3.05, 3.63) is 65.7 Å². The van der Waals surface area contributed by atoms with Crippen LogP contribution in [0.1, 0.15) is 41.2 Å². The van der Waals surface area contributed by atoms with Crippen molar-refractivity contribution in [3.8, 4) is 0 Å². The largest absolute Gasteiger partial charge is 0.332 e. The number of piperidine rings is 1. The van der Waals surface area contributed by atoms with Gasteiger partial charge in [0.25, 0.3) is 5.91 Å². The van der Waals surface area contributed by atoms with Crippen LogP contribution in [0.25, 0.3) is 0 Å². The summed E-state index contributed by atoms with van der Waals surface area (Å²) in [6.07, 6.45) is 6.25. The van der Waals surface area contributed by atoms with Gasteiger partial charge in [0, 0.05) is 18.9 Å². The van der Waals surface area contributed by atoms with E-state index in [-0.39, 0.29) is 17.8 Å². The van der Waals surface area contributed by atoms with E-state index in [0.717, 1.165) is 31.4 Å². The minimum absolute atomic E-state index is 0.00266. The number of hydrogen-bond donors (Lipinski definition) is 0. The van der Waals surface area contributed by atoms with Gasteiger partial charge < -0.3 is 4.90 Å². The topological polar surface area (TPSA) is 33.2 Å². The van der Waals surface area contributed by atoms with Crippen LogP contribution in [-0.2, 0) is 0 Å². The maximum absolute atomic E-state index is 13.1. The van der Waals surface area contributed by atoms with E-state index in [2.05, 4.69) is 4.98 Å². The van der Waals surface area contributed by atoms with Gasteiger partial charge in [0.05, 0.1) is 11.6 Å². The number of hydrogen-bond acceptors (Lipinski definition) is 2. The second kappa shape index (κ2) is 6.04. The van der Waals surface area contributed by atoms with E-state index < -0.39 is 0 Å². The Morgan fingerprint density at radius 3 is 2.71 bits per heavy atom. The number of benzene rings is 1. The lowest BCUT2D eigenvalue weighted by molar-refractivity contribution is 0.0611. The van der Waals surface area contributed by atoms with E-state index in [0.29, 0.717) is 5.56 Å². The Bertz CT molecular complexity index is 612. The van der Waals surface area contributed by atoms with Crippen LogP contribution in [0.4, 0.5) is 4.39 Å². The highest BCUT2D eigenvalue weighted by Gasteiger charge is 2.28. The molecule has 0 aliphatic carbocycles. The van der Waals surface area contributed by atoms with Crippen molar-refractivity contribution in [2.24, 2.45) is 0 Å². The van der Waals surface area contributed by atoms with Gasteiger partial charge in [0.2, 0.25) is 0 Å². The molecule has 3 nitrogen and oxygen atoms in total. The summed E-state index contributed by atoms with van der Waals surface area (Å²) in [6.45, 7) is 0.732. The highest BCUT2D eigenvalue weighted by atomic mass is 19.1. The average molecular weight is 284 g/mol. The molecule has 1 saturated heterocycles. The summed E-state index contributed by atoms with van der Waals surface area (Å²) in [5.41, 5.74) is 1.60. The number of halogens is 1. The fourth-order valence-electron chi connectivity index (χ4n) is 2.86. The van der Waals surface area contributed by atoms with Gasteiger partial charge in [-0.05, 0) is 49.1 Å². The molecule has 1 aliphatic heterocycles. The molecule has 1 atom stereocenters. The number of carbonyl (C=O) groups excluding carboxylic acids is 1. The van der Waals surface area contributed by atoms with Crippen LogP contribution in [-0.4, -0.2) is 22.3 Å². The predicted molar refractivity (Wildman–Crippen MR) is 78.3 cm³/mol. The number of carbonyl (C=O) groups is 1. The van der Waals surface area contributed by atoms with E-state index in [1.807, 2.05) is 4.90 Å². The summed E-state index contributed by atoms with van der Waals surface area (Å²) >= 11 is 0. The molecular weight excluding hydrogens is 267 g/mol. The first kappa shape index (κ1) is 13.7. The second-order valence-corrected chi connectivity index (χ2v) is 5.30. The minimum atomic E-state index is -0.250. The summed E-state index contributed by atoms with van der Waals surface area (Å²) in [4.78, 5) is 18.6. The fourth-order valence-corrected chi connectivity index (χ4v) is 2.86. The molecular formula is C17H17FN2O. The predicted octanol–water partition coefficient (Wildman–Crippen LogP) is 3.59. The van der Waals surface area contributed by atoms with Gasteiger partial charge in [0.1, 0.15) is 5.82 Å². The number of pyridine rings is 1. The molecule has 1 fully saturated rings. The molecule has 3 rings (SSSR count). The lowest BCUT2D eigenvalue weighted by Crippen LogP contribution is -2.38. The Labute approximate surface area is 123 Å². The fraction of sp³-hybridized carbons (Fsp3) is 0.294. The Balaban J connectivity index is 1.88. The lowest BCUT2D eigenvalue weighted by atomic mass is 9.94. The molecule has 1 aliphatic rings. The molecule has 21 heavy (non-hydrogen) atoms.